The molecule has 0 spiro atoms. The summed E-state index contributed by atoms with van der Waals surface area (Å²) < 4.78 is 0. The number of benzene rings is 1. The van der Waals surface area contributed by atoms with Crippen LogP contribution in [0.15, 0.2) is 48.7 Å². The van der Waals surface area contributed by atoms with Crippen LogP contribution in [0.3, 0.4) is 0 Å². The topological polar surface area (TPSA) is 28.2 Å². The van der Waals surface area contributed by atoms with E-state index in [4.69, 9.17) is 0 Å². The van der Waals surface area contributed by atoms with Crippen LogP contribution in [0.1, 0.15) is 11.1 Å². The average Bonchev–Trinajstić information content (AvgIpc) is 2.55. The fourth-order valence-corrected chi connectivity index (χ4v) is 2.58. The minimum atomic E-state index is 1.05. The Morgan fingerprint density at radius 2 is 1.65 bits per heavy atom. The highest BCUT2D eigenvalue weighted by molar-refractivity contribution is 5.40. The van der Waals surface area contributed by atoms with Crippen molar-refractivity contribution in [3.05, 3.63) is 59.8 Å². The second kappa shape index (κ2) is 6.53. The zero-order chi connectivity index (χ0) is 13.6. The minimum Gasteiger partial charge on any atom is -0.354 e. The third kappa shape index (κ3) is 3.36. The second-order valence-corrected chi connectivity index (χ2v) is 5.25. The monoisotopic (exact) mass is 267 g/mol. The molecule has 0 amide bonds. The summed E-state index contributed by atoms with van der Waals surface area (Å²) in [6.45, 7) is 4.21. The van der Waals surface area contributed by atoms with Gasteiger partial charge in [-0.2, -0.15) is 0 Å². The van der Waals surface area contributed by atoms with E-state index in [1.54, 1.807) is 0 Å². The predicted molar refractivity (Wildman–Crippen MR) is 83.2 cm³/mol. The molecule has 0 atom stereocenters. The van der Waals surface area contributed by atoms with E-state index in [9.17, 15) is 0 Å². The molecule has 1 aliphatic heterocycles. The second-order valence-electron chi connectivity index (χ2n) is 5.25. The summed E-state index contributed by atoms with van der Waals surface area (Å²) in [5.41, 5.74) is 2.70. The maximum absolute atomic E-state index is 4.61. The minimum absolute atomic E-state index is 1.05. The van der Waals surface area contributed by atoms with Crippen LogP contribution in [0.5, 0.6) is 0 Å². The molecule has 0 radical (unpaired) electrons. The van der Waals surface area contributed by atoms with Crippen molar-refractivity contribution in [2.75, 3.05) is 31.1 Å². The van der Waals surface area contributed by atoms with E-state index in [1.807, 2.05) is 6.20 Å². The lowest BCUT2D eigenvalue weighted by atomic mass is 10.1. The fraction of sp³-hybridized carbons (Fsp3) is 0.353. The van der Waals surface area contributed by atoms with E-state index < -0.39 is 0 Å². The molecule has 1 fully saturated rings. The molecule has 3 nitrogen and oxygen atoms in total. The normalized spacial score (nSPS) is 15.3. The van der Waals surface area contributed by atoms with Gasteiger partial charge in [0.25, 0.3) is 0 Å². The van der Waals surface area contributed by atoms with E-state index in [2.05, 4.69) is 57.7 Å². The maximum atomic E-state index is 4.61. The largest absolute Gasteiger partial charge is 0.354 e. The SMILES string of the molecule is c1ccc(CCc2ccc(N3CCNCC3)nc2)cc1. The van der Waals surface area contributed by atoms with Gasteiger partial charge in [0.1, 0.15) is 5.82 Å². The number of nitrogens with one attached hydrogen (secondary N) is 1. The number of anilines is 1. The Morgan fingerprint density at radius 3 is 2.35 bits per heavy atom. The van der Waals surface area contributed by atoms with Crippen molar-refractivity contribution < 1.29 is 0 Å². The summed E-state index contributed by atoms with van der Waals surface area (Å²) in [4.78, 5) is 6.96. The Balaban J connectivity index is 1.58. The van der Waals surface area contributed by atoms with Crippen molar-refractivity contribution in [3.8, 4) is 0 Å². The van der Waals surface area contributed by atoms with Gasteiger partial charge in [-0.1, -0.05) is 36.4 Å². The molecule has 20 heavy (non-hydrogen) atoms. The fourth-order valence-electron chi connectivity index (χ4n) is 2.58. The van der Waals surface area contributed by atoms with Crippen molar-refractivity contribution in [3.63, 3.8) is 0 Å². The molecule has 0 unspecified atom stereocenters. The lowest BCUT2D eigenvalue weighted by Crippen LogP contribution is -2.43. The molecule has 3 heteroatoms. The number of nitrogens with zero attached hydrogens (tertiary/aromatic N) is 2. The molecular weight excluding hydrogens is 246 g/mol. The Kier molecular flexibility index (Phi) is 4.28. The number of pyridine rings is 1. The number of aryl methyl sites for hydroxylation is 2. The summed E-state index contributed by atoms with van der Waals surface area (Å²) in [5, 5.41) is 3.36. The molecule has 104 valence electrons. The number of rotatable bonds is 4. The smallest absolute Gasteiger partial charge is 0.128 e. The molecule has 1 saturated heterocycles. The van der Waals surface area contributed by atoms with Gasteiger partial charge in [-0.15, -0.1) is 0 Å². The van der Waals surface area contributed by atoms with Crippen LogP contribution < -0.4 is 10.2 Å². The standard InChI is InChI=1S/C17H21N3/c1-2-4-15(5-3-1)6-7-16-8-9-17(19-14-16)20-12-10-18-11-13-20/h1-5,8-9,14,18H,6-7,10-13H2. The summed E-state index contributed by atoms with van der Waals surface area (Å²) in [5.74, 6) is 1.11. The predicted octanol–water partition coefficient (Wildman–Crippen LogP) is 2.28. The lowest BCUT2D eigenvalue weighted by Gasteiger charge is -2.28. The molecule has 0 bridgehead atoms. The third-order valence-corrected chi connectivity index (χ3v) is 3.80. The molecule has 1 aromatic carbocycles. The van der Waals surface area contributed by atoms with Crippen molar-refractivity contribution in [1.82, 2.24) is 10.3 Å². The quantitative estimate of drug-likeness (QED) is 0.921. The van der Waals surface area contributed by atoms with E-state index in [-0.39, 0.29) is 0 Å². The highest BCUT2D eigenvalue weighted by atomic mass is 15.2. The molecule has 2 heterocycles. The summed E-state index contributed by atoms with van der Waals surface area (Å²) in [6.07, 6.45) is 4.16. The first-order chi connectivity index (χ1) is 9.92. The first-order valence-corrected chi connectivity index (χ1v) is 7.36. The van der Waals surface area contributed by atoms with Gasteiger partial charge in [0.15, 0.2) is 0 Å². The Labute approximate surface area is 120 Å². The Morgan fingerprint density at radius 1 is 0.900 bits per heavy atom. The van der Waals surface area contributed by atoms with E-state index in [1.165, 1.54) is 11.1 Å². The van der Waals surface area contributed by atoms with Crippen LogP contribution in [0.25, 0.3) is 0 Å². The van der Waals surface area contributed by atoms with Crippen molar-refractivity contribution in [1.29, 1.82) is 0 Å². The van der Waals surface area contributed by atoms with E-state index >= 15 is 0 Å². The van der Waals surface area contributed by atoms with Crippen LogP contribution >= 0.6 is 0 Å². The summed E-state index contributed by atoms with van der Waals surface area (Å²) >= 11 is 0. The lowest BCUT2D eigenvalue weighted by molar-refractivity contribution is 0.585. The van der Waals surface area contributed by atoms with Crippen LogP contribution in [0.4, 0.5) is 5.82 Å². The van der Waals surface area contributed by atoms with Crippen LogP contribution in [-0.4, -0.2) is 31.2 Å². The van der Waals surface area contributed by atoms with E-state index in [0.29, 0.717) is 0 Å². The molecule has 0 aliphatic carbocycles. The third-order valence-electron chi connectivity index (χ3n) is 3.80. The molecule has 1 aromatic heterocycles. The molecule has 2 aromatic rings. The van der Waals surface area contributed by atoms with Gasteiger partial charge in [0.2, 0.25) is 0 Å². The van der Waals surface area contributed by atoms with E-state index in [0.717, 1.165) is 44.8 Å². The number of piperazine rings is 1. The van der Waals surface area contributed by atoms with Crippen LogP contribution in [0, 0.1) is 0 Å². The Hall–Kier alpha value is -1.87. The summed E-state index contributed by atoms with van der Waals surface area (Å²) in [6, 6.07) is 15.0. The van der Waals surface area contributed by atoms with Gasteiger partial charge >= 0.3 is 0 Å². The molecule has 3 rings (SSSR count). The van der Waals surface area contributed by atoms with Crippen molar-refractivity contribution >= 4 is 5.82 Å². The highest BCUT2D eigenvalue weighted by Crippen LogP contribution is 2.13. The Bertz CT molecular complexity index is 516. The van der Waals surface area contributed by atoms with Crippen LogP contribution in [-0.2, 0) is 12.8 Å². The number of hydrogen-bond acceptors (Lipinski definition) is 3. The van der Waals surface area contributed by atoms with Crippen LogP contribution in [0.2, 0.25) is 0 Å². The van der Waals surface area contributed by atoms with Crippen molar-refractivity contribution in [2.24, 2.45) is 0 Å². The molecule has 0 saturated carbocycles. The summed E-state index contributed by atoms with van der Waals surface area (Å²) in [7, 11) is 0. The number of aromatic nitrogens is 1. The zero-order valence-corrected chi connectivity index (χ0v) is 11.8. The van der Waals surface area contributed by atoms with Crippen molar-refractivity contribution in [2.45, 2.75) is 12.8 Å². The zero-order valence-electron chi connectivity index (χ0n) is 11.8. The number of hydrogen-bond donors (Lipinski definition) is 1. The molecule has 1 N–H and O–H groups in total. The highest BCUT2D eigenvalue weighted by Gasteiger charge is 2.10. The van der Waals surface area contributed by atoms with Gasteiger partial charge < -0.3 is 10.2 Å². The van der Waals surface area contributed by atoms with Gasteiger partial charge in [0, 0.05) is 32.4 Å². The van der Waals surface area contributed by atoms with Gasteiger partial charge in [-0.25, -0.2) is 4.98 Å². The first kappa shape index (κ1) is 13.1. The maximum Gasteiger partial charge on any atom is 0.128 e. The molecule has 1 aliphatic rings. The first-order valence-electron chi connectivity index (χ1n) is 7.36. The molecular formula is C17H21N3. The van der Waals surface area contributed by atoms with Gasteiger partial charge in [-0.3, -0.25) is 0 Å². The average molecular weight is 267 g/mol. The van der Waals surface area contributed by atoms with Gasteiger partial charge in [-0.05, 0) is 30.0 Å². The van der Waals surface area contributed by atoms with Gasteiger partial charge in [0.05, 0.1) is 0 Å².